The van der Waals surface area contributed by atoms with Crippen molar-refractivity contribution in [3.63, 3.8) is 0 Å². The van der Waals surface area contributed by atoms with Crippen LogP contribution < -0.4 is 5.32 Å². The molecule has 7 nitrogen and oxygen atoms in total. The smallest absolute Gasteiger partial charge is 0.326 e. The zero-order chi connectivity index (χ0) is 15.3. The van der Waals surface area contributed by atoms with Crippen LogP contribution in [-0.4, -0.2) is 38.7 Å². The summed E-state index contributed by atoms with van der Waals surface area (Å²) in [5, 5.41) is 20.0. The van der Waals surface area contributed by atoms with E-state index < -0.39 is 30.3 Å². The number of halogens is 1. The van der Waals surface area contributed by atoms with Gasteiger partial charge in [-0.15, -0.1) is 0 Å². The molecule has 0 aliphatic carbocycles. The van der Waals surface area contributed by atoms with Gasteiger partial charge < -0.3 is 20.1 Å². The van der Waals surface area contributed by atoms with Crippen molar-refractivity contribution in [2.75, 3.05) is 0 Å². The van der Waals surface area contributed by atoms with Crippen molar-refractivity contribution < 1.29 is 24.6 Å². The Morgan fingerprint density at radius 3 is 2.55 bits per heavy atom. The SMILES string of the molecule is CCCn1cc(Cl)cc1C(=O)N[C@H](CC(=O)O)C(=O)O. The highest BCUT2D eigenvalue weighted by Gasteiger charge is 2.25. The van der Waals surface area contributed by atoms with Gasteiger partial charge >= 0.3 is 11.9 Å². The molecule has 0 aromatic carbocycles. The highest BCUT2D eigenvalue weighted by Crippen LogP contribution is 2.15. The van der Waals surface area contributed by atoms with E-state index in [0.29, 0.717) is 11.6 Å². The third kappa shape index (κ3) is 4.27. The van der Waals surface area contributed by atoms with Gasteiger partial charge in [0.25, 0.3) is 5.91 Å². The Kier molecular flexibility index (Phi) is 5.57. The van der Waals surface area contributed by atoms with Gasteiger partial charge in [-0.2, -0.15) is 0 Å². The number of aromatic nitrogens is 1. The van der Waals surface area contributed by atoms with Crippen LogP contribution in [0.5, 0.6) is 0 Å². The number of rotatable bonds is 7. The zero-order valence-corrected chi connectivity index (χ0v) is 11.6. The molecule has 1 aromatic heterocycles. The molecule has 0 spiro atoms. The first-order chi connectivity index (χ1) is 9.35. The number of aryl methyl sites for hydroxylation is 1. The van der Waals surface area contributed by atoms with Crippen LogP contribution in [0.15, 0.2) is 12.3 Å². The number of carbonyl (C=O) groups is 3. The summed E-state index contributed by atoms with van der Waals surface area (Å²) >= 11 is 5.82. The quantitative estimate of drug-likeness (QED) is 0.701. The molecular formula is C12H15ClN2O5. The second kappa shape index (κ2) is 6.95. The van der Waals surface area contributed by atoms with Gasteiger partial charge in [-0.25, -0.2) is 4.79 Å². The van der Waals surface area contributed by atoms with Gasteiger partial charge in [0.1, 0.15) is 11.7 Å². The number of carbonyl (C=O) groups excluding carboxylic acids is 1. The lowest BCUT2D eigenvalue weighted by Crippen LogP contribution is -2.42. The standard InChI is InChI=1S/C12H15ClN2O5/c1-2-3-15-6-7(13)4-9(15)11(18)14-8(12(19)20)5-10(16)17/h4,6,8H,2-3,5H2,1H3,(H,14,18)(H,16,17)(H,19,20)/t8-/m1/s1. The number of hydrogen-bond donors (Lipinski definition) is 3. The van der Waals surface area contributed by atoms with Gasteiger partial charge in [0.15, 0.2) is 0 Å². The number of carboxylic acids is 2. The van der Waals surface area contributed by atoms with E-state index in [4.69, 9.17) is 21.8 Å². The lowest BCUT2D eigenvalue weighted by Gasteiger charge is -2.13. The second-order valence-electron chi connectivity index (χ2n) is 4.20. The summed E-state index contributed by atoms with van der Waals surface area (Å²) in [4.78, 5) is 33.5. The molecule has 0 saturated heterocycles. The van der Waals surface area contributed by atoms with E-state index in [-0.39, 0.29) is 5.69 Å². The Bertz CT molecular complexity index is 526. The molecule has 0 saturated carbocycles. The summed E-state index contributed by atoms with van der Waals surface area (Å²) in [6, 6.07) is -0.0737. The Balaban J connectivity index is 2.88. The predicted molar refractivity (Wildman–Crippen MR) is 70.9 cm³/mol. The average molecular weight is 303 g/mol. The van der Waals surface area contributed by atoms with E-state index in [9.17, 15) is 14.4 Å². The molecule has 0 unspecified atom stereocenters. The van der Waals surface area contributed by atoms with Gasteiger partial charge in [0.2, 0.25) is 0 Å². The summed E-state index contributed by atoms with van der Waals surface area (Å²) in [6.07, 6.45) is 1.64. The summed E-state index contributed by atoms with van der Waals surface area (Å²) < 4.78 is 1.59. The van der Waals surface area contributed by atoms with E-state index in [1.165, 1.54) is 6.07 Å². The van der Waals surface area contributed by atoms with Crippen molar-refractivity contribution in [1.29, 1.82) is 0 Å². The Labute approximate surface area is 120 Å². The van der Waals surface area contributed by atoms with Crippen molar-refractivity contribution in [2.45, 2.75) is 32.4 Å². The molecule has 1 amide bonds. The molecule has 3 N–H and O–H groups in total. The first kappa shape index (κ1) is 16.0. The fourth-order valence-electron chi connectivity index (χ4n) is 1.70. The number of nitrogens with one attached hydrogen (secondary N) is 1. The maximum atomic E-state index is 12.0. The molecule has 0 fully saturated rings. The molecule has 110 valence electrons. The Morgan fingerprint density at radius 1 is 1.40 bits per heavy atom. The lowest BCUT2D eigenvalue weighted by molar-refractivity contribution is -0.145. The van der Waals surface area contributed by atoms with Crippen LogP contribution in [0.4, 0.5) is 0 Å². The van der Waals surface area contributed by atoms with Gasteiger partial charge in [-0.3, -0.25) is 9.59 Å². The molecule has 1 rings (SSSR count). The summed E-state index contributed by atoms with van der Waals surface area (Å²) in [5.74, 6) is -3.38. The Hall–Kier alpha value is -2.02. The lowest BCUT2D eigenvalue weighted by atomic mass is 10.2. The van der Waals surface area contributed by atoms with Crippen LogP contribution in [0.3, 0.4) is 0 Å². The van der Waals surface area contributed by atoms with Crippen LogP contribution in [0, 0.1) is 0 Å². The molecular weight excluding hydrogens is 288 g/mol. The number of nitrogens with zero attached hydrogens (tertiary/aromatic N) is 1. The monoisotopic (exact) mass is 302 g/mol. The van der Waals surface area contributed by atoms with Gasteiger partial charge in [0.05, 0.1) is 11.4 Å². The predicted octanol–water partition coefficient (Wildman–Crippen LogP) is 1.21. The van der Waals surface area contributed by atoms with E-state index in [1.807, 2.05) is 6.92 Å². The maximum absolute atomic E-state index is 12.0. The minimum Gasteiger partial charge on any atom is -0.481 e. The third-order valence-corrected chi connectivity index (χ3v) is 2.75. The van der Waals surface area contributed by atoms with Crippen LogP contribution in [0.2, 0.25) is 5.02 Å². The fraction of sp³-hybridized carbons (Fsp3) is 0.417. The largest absolute Gasteiger partial charge is 0.481 e. The minimum atomic E-state index is -1.48. The zero-order valence-electron chi connectivity index (χ0n) is 10.8. The molecule has 0 bridgehead atoms. The number of aliphatic carboxylic acids is 2. The highest BCUT2D eigenvalue weighted by molar-refractivity contribution is 6.31. The van der Waals surface area contributed by atoms with E-state index in [1.54, 1.807) is 10.8 Å². The number of hydrogen-bond acceptors (Lipinski definition) is 3. The normalized spacial score (nSPS) is 11.9. The molecule has 1 atom stereocenters. The minimum absolute atomic E-state index is 0.202. The fourth-order valence-corrected chi connectivity index (χ4v) is 1.92. The summed E-state index contributed by atoms with van der Waals surface area (Å²) in [5.41, 5.74) is 0.202. The first-order valence-electron chi connectivity index (χ1n) is 5.96. The van der Waals surface area contributed by atoms with Gasteiger partial charge in [-0.1, -0.05) is 18.5 Å². The summed E-state index contributed by atoms with van der Waals surface area (Å²) in [6.45, 7) is 2.46. The Morgan fingerprint density at radius 2 is 2.05 bits per heavy atom. The molecule has 0 aliphatic heterocycles. The molecule has 1 heterocycles. The molecule has 1 aromatic rings. The van der Waals surface area contributed by atoms with Crippen molar-refractivity contribution in [1.82, 2.24) is 9.88 Å². The summed E-state index contributed by atoms with van der Waals surface area (Å²) in [7, 11) is 0. The van der Waals surface area contributed by atoms with Gasteiger partial charge in [0, 0.05) is 12.7 Å². The van der Waals surface area contributed by atoms with Crippen molar-refractivity contribution in [3.8, 4) is 0 Å². The molecule has 0 aliphatic rings. The van der Waals surface area contributed by atoms with Crippen molar-refractivity contribution in [3.05, 3.63) is 23.0 Å². The van der Waals surface area contributed by atoms with Crippen LogP contribution >= 0.6 is 11.6 Å². The van der Waals surface area contributed by atoms with E-state index in [0.717, 1.165) is 6.42 Å². The third-order valence-electron chi connectivity index (χ3n) is 2.54. The van der Waals surface area contributed by atoms with Gasteiger partial charge in [-0.05, 0) is 12.5 Å². The number of carboxylic acid groups (broad SMARTS) is 2. The highest BCUT2D eigenvalue weighted by atomic mass is 35.5. The van der Waals surface area contributed by atoms with Crippen LogP contribution in [0.25, 0.3) is 0 Å². The maximum Gasteiger partial charge on any atom is 0.326 e. The first-order valence-corrected chi connectivity index (χ1v) is 6.34. The van der Waals surface area contributed by atoms with E-state index >= 15 is 0 Å². The van der Waals surface area contributed by atoms with Crippen LogP contribution in [0.1, 0.15) is 30.3 Å². The molecule has 8 heteroatoms. The average Bonchev–Trinajstić information content (AvgIpc) is 2.69. The van der Waals surface area contributed by atoms with Crippen molar-refractivity contribution in [2.24, 2.45) is 0 Å². The second-order valence-corrected chi connectivity index (χ2v) is 4.64. The molecule has 0 radical (unpaired) electrons. The number of amides is 1. The molecule has 20 heavy (non-hydrogen) atoms. The van der Waals surface area contributed by atoms with E-state index in [2.05, 4.69) is 5.32 Å². The topological polar surface area (TPSA) is 109 Å². The van der Waals surface area contributed by atoms with Crippen LogP contribution in [-0.2, 0) is 16.1 Å². The van der Waals surface area contributed by atoms with Crippen molar-refractivity contribution >= 4 is 29.4 Å².